The summed E-state index contributed by atoms with van der Waals surface area (Å²) in [6.07, 6.45) is 0.400. The molecule has 2 aromatic rings. The molecule has 5 nitrogen and oxygen atoms in total. The molecule has 0 aliphatic carbocycles. The number of sulfonamides is 1. The lowest BCUT2D eigenvalue weighted by Gasteiger charge is -2.08. The molecular formula is C15H17N3O2S. The Morgan fingerprint density at radius 1 is 1.19 bits per heavy atom. The van der Waals surface area contributed by atoms with Crippen molar-refractivity contribution >= 4 is 10.0 Å². The van der Waals surface area contributed by atoms with Gasteiger partial charge in [0, 0.05) is 12.2 Å². The highest BCUT2D eigenvalue weighted by atomic mass is 32.2. The molecule has 1 aromatic heterocycles. The molecule has 0 bridgehead atoms. The third-order valence-electron chi connectivity index (χ3n) is 3.34. The van der Waals surface area contributed by atoms with Crippen molar-refractivity contribution in [3.8, 4) is 17.3 Å². The van der Waals surface area contributed by atoms with Gasteiger partial charge in [0.25, 0.3) is 0 Å². The second-order valence-corrected chi connectivity index (χ2v) is 6.51. The zero-order chi connectivity index (χ0) is 15.5. The van der Waals surface area contributed by atoms with Crippen LogP contribution in [0.2, 0.25) is 0 Å². The zero-order valence-corrected chi connectivity index (χ0v) is 12.6. The van der Waals surface area contributed by atoms with Crippen LogP contribution < -0.4 is 5.14 Å². The smallest absolute Gasteiger partial charge is 0.209 e. The fourth-order valence-corrected chi connectivity index (χ4v) is 2.78. The van der Waals surface area contributed by atoms with E-state index in [4.69, 9.17) is 10.4 Å². The fourth-order valence-electron chi connectivity index (χ4n) is 2.26. The Labute approximate surface area is 124 Å². The van der Waals surface area contributed by atoms with E-state index in [0.717, 1.165) is 23.4 Å². The Balaban J connectivity index is 2.23. The fraction of sp³-hybridized carbons (Fsp3) is 0.267. The van der Waals surface area contributed by atoms with Crippen molar-refractivity contribution in [2.24, 2.45) is 5.14 Å². The molecule has 0 amide bonds. The van der Waals surface area contributed by atoms with Crippen molar-refractivity contribution in [3.63, 3.8) is 0 Å². The van der Waals surface area contributed by atoms with E-state index in [-0.39, 0.29) is 5.75 Å². The van der Waals surface area contributed by atoms with Crippen LogP contribution in [0.3, 0.4) is 0 Å². The average molecular weight is 303 g/mol. The van der Waals surface area contributed by atoms with Crippen molar-refractivity contribution in [1.82, 2.24) is 4.57 Å². The van der Waals surface area contributed by atoms with Crippen molar-refractivity contribution in [2.75, 3.05) is 5.75 Å². The largest absolute Gasteiger partial charge is 0.333 e. The third kappa shape index (κ3) is 3.72. The van der Waals surface area contributed by atoms with Crippen LogP contribution in [0, 0.1) is 11.3 Å². The highest BCUT2D eigenvalue weighted by molar-refractivity contribution is 7.89. The van der Waals surface area contributed by atoms with Gasteiger partial charge in [-0.2, -0.15) is 5.26 Å². The number of nitrogens with zero attached hydrogens (tertiary/aromatic N) is 2. The van der Waals surface area contributed by atoms with Crippen molar-refractivity contribution < 1.29 is 8.42 Å². The number of hydrogen-bond donors (Lipinski definition) is 1. The number of benzene rings is 1. The average Bonchev–Trinajstić information content (AvgIpc) is 2.87. The molecule has 0 fully saturated rings. The summed E-state index contributed by atoms with van der Waals surface area (Å²) < 4.78 is 23.9. The third-order valence-corrected chi connectivity index (χ3v) is 4.11. The molecule has 0 atom stereocenters. The summed E-state index contributed by atoms with van der Waals surface area (Å²) in [6.45, 7) is 2.71. The number of nitriles is 1. The molecule has 6 heteroatoms. The number of rotatable bonds is 5. The van der Waals surface area contributed by atoms with Gasteiger partial charge in [0.1, 0.15) is 11.8 Å². The molecule has 2 N–H and O–H groups in total. The van der Waals surface area contributed by atoms with E-state index in [1.165, 1.54) is 0 Å². The number of primary sulfonamides is 1. The van der Waals surface area contributed by atoms with Crippen molar-refractivity contribution in [3.05, 3.63) is 47.7 Å². The van der Waals surface area contributed by atoms with Gasteiger partial charge >= 0.3 is 0 Å². The Morgan fingerprint density at radius 2 is 1.86 bits per heavy atom. The Bertz CT molecular complexity index is 768. The predicted molar refractivity (Wildman–Crippen MR) is 81.9 cm³/mol. The maximum atomic E-state index is 11.0. The van der Waals surface area contributed by atoms with Crippen molar-refractivity contribution in [2.45, 2.75) is 19.9 Å². The Hall–Kier alpha value is -2.10. The van der Waals surface area contributed by atoms with E-state index >= 15 is 0 Å². The first-order valence-corrected chi connectivity index (χ1v) is 8.35. The summed E-state index contributed by atoms with van der Waals surface area (Å²) in [7, 11) is -3.44. The maximum Gasteiger partial charge on any atom is 0.209 e. The van der Waals surface area contributed by atoms with Gasteiger partial charge in [-0.05, 0) is 36.6 Å². The molecule has 0 aliphatic rings. The molecule has 1 aromatic carbocycles. The van der Waals surface area contributed by atoms with Gasteiger partial charge in [0.05, 0.1) is 5.75 Å². The first-order valence-electron chi connectivity index (χ1n) is 6.64. The zero-order valence-electron chi connectivity index (χ0n) is 11.8. The summed E-state index contributed by atoms with van der Waals surface area (Å²) in [5.41, 5.74) is 3.53. The van der Waals surface area contributed by atoms with E-state index in [0.29, 0.717) is 12.1 Å². The molecule has 2 rings (SSSR count). The highest BCUT2D eigenvalue weighted by Gasteiger charge is 2.09. The van der Waals surface area contributed by atoms with Crippen molar-refractivity contribution in [1.29, 1.82) is 5.26 Å². The molecule has 1 heterocycles. The van der Waals surface area contributed by atoms with Crippen LogP contribution in [0.25, 0.3) is 11.3 Å². The molecule has 0 spiro atoms. The van der Waals surface area contributed by atoms with Crippen LogP contribution in [0.4, 0.5) is 0 Å². The minimum Gasteiger partial charge on any atom is -0.333 e. The number of hydrogen-bond acceptors (Lipinski definition) is 3. The van der Waals surface area contributed by atoms with Gasteiger partial charge in [-0.1, -0.05) is 24.3 Å². The van der Waals surface area contributed by atoms with Gasteiger partial charge < -0.3 is 4.57 Å². The van der Waals surface area contributed by atoms with Gasteiger partial charge in [-0.25, -0.2) is 13.6 Å². The molecular weight excluding hydrogens is 286 g/mol. The summed E-state index contributed by atoms with van der Waals surface area (Å²) in [6, 6.07) is 13.5. The minimum atomic E-state index is -3.44. The molecule has 0 radical (unpaired) electrons. The lowest BCUT2D eigenvalue weighted by atomic mass is 10.1. The van der Waals surface area contributed by atoms with E-state index in [2.05, 4.69) is 6.07 Å². The lowest BCUT2D eigenvalue weighted by Crippen LogP contribution is -2.17. The van der Waals surface area contributed by atoms with E-state index in [9.17, 15) is 8.42 Å². The SMILES string of the molecule is CCn1c(C#N)ccc1-c1ccc(CCS(N)(=O)=O)cc1. The lowest BCUT2D eigenvalue weighted by molar-refractivity contribution is 0.597. The number of aryl methyl sites for hydroxylation is 1. The minimum absolute atomic E-state index is 0.0593. The monoisotopic (exact) mass is 303 g/mol. The predicted octanol–water partition coefficient (Wildman–Crippen LogP) is 1.88. The molecule has 0 unspecified atom stereocenters. The first kappa shape index (κ1) is 15.3. The van der Waals surface area contributed by atoms with Crippen LogP contribution in [-0.2, 0) is 23.0 Å². The van der Waals surface area contributed by atoms with E-state index in [1.807, 2.05) is 41.8 Å². The second kappa shape index (κ2) is 6.12. The van der Waals surface area contributed by atoms with Gasteiger partial charge in [0.2, 0.25) is 10.0 Å². The molecule has 0 saturated carbocycles. The van der Waals surface area contributed by atoms with Crippen LogP contribution in [0.5, 0.6) is 0 Å². The van der Waals surface area contributed by atoms with E-state index in [1.54, 1.807) is 6.07 Å². The number of aromatic nitrogens is 1. The standard InChI is InChI=1S/C15H17N3O2S/c1-2-18-14(11-16)7-8-15(18)13-5-3-12(4-6-13)9-10-21(17,19)20/h3-8H,2,9-10H2,1H3,(H2,17,19,20). The van der Waals surface area contributed by atoms with Gasteiger partial charge in [-0.15, -0.1) is 0 Å². The summed E-state index contributed by atoms with van der Waals surface area (Å²) in [5.74, 6) is -0.0593. The quantitative estimate of drug-likeness (QED) is 0.914. The Kier molecular flexibility index (Phi) is 4.46. The molecule has 110 valence electrons. The molecule has 21 heavy (non-hydrogen) atoms. The second-order valence-electron chi connectivity index (χ2n) is 4.77. The summed E-state index contributed by atoms with van der Waals surface area (Å²) in [4.78, 5) is 0. The van der Waals surface area contributed by atoms with Crippen LogP contribution >= 0.6 is 0 Å². The maximum absolute atomic E-state index is 11.0. The van der Waals surface area contributed by atoms with Crippen LogP contribution in [0.15, 0.2) is 36.4 Å². The topological polar surface area (TPSA) is 88.9 Å². The summed E-state index contributed by atoms with van der Waals surface area (Å²) >= 11 is 0. The number of nitrogens with two attached hydrogens (primary N) is 1. The van der Waals surface area contributed by atoms with Gasteiger partial charge in [-0.3, -0.25) is 0 Å². The van der Waals surface area contributed by atoms with Gasteiger partial charge in [0.15, 0.2) is 0 Å². The molecule has 0 saturated heterocycles. The van der Waals surface area contributed by atoms with Crippen LogP contribution in [0.1, 0.15) is 18.2 Å². The normalized spacial score (nSPS) is 11.3. The van der Waals surface area contributed by atoms with E-state index < -0.39 is 10.0 Å². The van der Waals surface area contributed by atoms with Crippen LogP contribution in [-0.4, -0.2) is 18.7 Å². The molecule has 0 aliphatic heterocycles. The first-order chi connectivity index (χ1) is 9.94. The summed E-state index contributed by atoms with van der Waals surface area (Å²) in [5, 5.41) is 14.1. The highest BCUT2D eigenvalue weighted by Crippen LogP contribution is 2.23. The Morgan fingerprint density at radius 3 is 2.38 bits per heavy atom.